The van der Waals surface area contributed by atoms with Crippen molar-refractivity contribution in [3.8, 4) is 0 Å². The molecule has 0 atom stereocenters. The number of rotatable bonds is 5. The highest BCUT2D eigenvalue weighted by Crippen LogP contribution is 2.45. The molecule has 1 aromatic carbocycles. The summed E-state index contributed by atoms with van der Waals surface area (Å²) >= 11 is 7.23. The van der Waals surface area contributed by atoms with Gasteiger partial charge in [0.05, 0.1) is 17.5 Å². The molecule has 120 valence electrons. The van der Waals surface area contributed by atoms with Gasteiger partial charge >= 0.3 is 0 Å². The average Bonchev–Trinajstić information content (AvgIpc) is 2.86. The number of hydrogen-bond donors (Lipinski definition) is 2. The van der Waals surface area contributed by atoms with Crippen molar-refractivity contribution in [2.45, 2.75) is 31.1 Å². The Morgan fingerprint density at radius 2 is 2.00 bits per heavy atom. The zero-order valence-electron chi connectivity index (χ0n) is 12.3. The summed E-state index contributed by atoms with van der Waals surface area (Å²) in [7, 11) is 0. The maximum absolute atomic E-state index is 12.8. The first-order valence-electron chi connectivity index (χ1n) is 7.30. The summed E-state index contributed by atoms with van der Waals surface area (Å²) in [6.07, 6.45) is 2.70. The largest absolute Gasteiger partial charge is 0.369 e. The quantitative estimate of drug-likeness (QED) is 0.870. The fourth-order valence-corrected chi connectivity index (χ4v) is 3.62. The highest BCUT2D eigenvalue weighted by atomic mass is 35.5. The number of hydrogen-bond acceptors (Lipinski definition) is 4. The maximum atomic E-state index is 12.8. The van der Waals surface area contributed by atoms with Gasteiger partial charge in [0.1, 0.15) is 0 Å². The van der Waals surface area contributed by atoms with Gasteiger partial charge in [0.2, 0.25) is 11.8 Å². The Hall–Kier alpha value is -1.92. The van der Waals surface area contributed by atoms with Crippen molar-refractivity contribution in [2.24, 2.45) is 5.73 Å². The fraction of sp³-hybridized carbons (Fsp3) is 0.312. The molecule has 1 saturated carbocycles. The smallest absolute Gasteiger partial charge is 0.236 e. The Kier molecular flexibility index (Phi) is 4.37. The topological polar surface area (TPSA) is 85.1 Å². The number of thiazole rings is 1. The van der Waals surface area contributed by atoms with Gasteiger partial charge in [0.15, 0.2) is 5.13 Å². The van der Waals surface area contributed by atoms with Crippen molar-refractivity contribution in [1.82, 2.24) is 4.98 Å². The van der Waals surface area contributed by atoms with Crippen LogP contribution in [0.2, 0.25) is 5.02 Å². The van der Waals surface area contributed by atoms with Gasteiger partial charge in [-0.2, -0.15) is 0 Å². The SMILES string of the molecule is NC(=O)Cc1csc(NC(=O)C2(c3ccc(Cl)cc3)CCC2)n1. The summed E-state index contributed by atoms with van der Waals surface area (Å²) < 4.78 is 0. The van der Waals surface area contributed by atoms with Crippen LogP contribution in [-0.2, 0) is 21.4 Å². The predicted octanol–water partition coefficient (Wildman–Crippen LogP) is 2.88. The Balaban J connectivity index is 1.77. The third kappa shape index (κ3) is 3.23. The number of primary amides is 1. The summed E-state index contributed by atoms with van der Waals surface area (Å²) in [6.45, 7) is 0. The van der Waals surface area contributed by atoms with Crippen LogP contribution in [-0.4, -0.2) is 16.8 Å². The monoisotopic (exact) mass is 349 g/mol. The number of benzene rings is 1. The van der Waals surface area contributed by atoms with Crippen molar-refractivity contribution >= 4 is 39.9 Å². The summed E-state index contributed by atoms with van der Waals surface area (Å²) in [5.41, 5.74) is 6.18. The molecule has 0 radical (unpaired) electrons. The van der Waals surface area contributed by atoms with Crippen LogP contribution >= 0.6 is 22.9 Å². The van der Waals surface area contributed by atoms with Crippen LogP contribution in [0.15, 0.2) is 29.6 Å². The standard InChI is InChI=1S/C16H16ClN3O2S/c17-11-4-2-10(3-5-11)16(6-1-7-16)14(22)20-15-19-12(9-23-15)8-13(18)21/h2-5,9H,1,6-8H2,(H2,18,21)(H,19,20,22). The molecule has 0 bridgehead atoms. The van der Waals surface area contributed by atoms with Crippen LogP contribution in [0, 0.1) is 0 Å². The van der Waals surface area contributed by atoms with Crippen molar-refractivity contribution in [2.75, 3.05) is 5.32 Å². The van der Waals surface area contributed by atoms with Gasteiger partial charge in [-0.15, -0.1) is 11.3 Å². The van der Waals surface area contributed by atoms with E-state index in [9.17, 15) is 9.59 Å². The fourth-order valence-electron chi connectivity index (χ4n) is 2.79. The van der Waals surface area contributed by atoms with E-state index in [4.69, 9.17) is 17.3 Å². The number of nitrogens with one attached hydrogen (secondary N) is 1. The molecule has 1 fully saturated rings. The second-order valence-corrected chi connectivity index (χ2v) is 6.98. The van der Waals surface area contributed by atoms with E-state index in [1.54, 1.807) is 17.5 Å². The lowest BCUT2D eigenvalue weighted by atomic mass is 9.64. The number of carbonyl (C=O) groups is 2. The van der Waals surface area contributed by atoms with Gasteiger partial charge in [-0.05, 0) is 30.5 Å². The van der Waals surface area contributed by atoms with Gasteiger partial charge in [0, 0.05) is 10.4 Å². The third-order valence-electron chi connectivity index (χ3n) is 4.17. The van der Waals surface area contributed by atoms with Gasteiger partial charge in [0.25, 0.3) is 0 Å². The molecule has 2 amide bonds. The number of halogens is 1. The molecule has 1 aromatic heterocycles. The molecule has 0 saturated heterocycles. The molecule has 1 aliphatic rings. The maximum Gasteiger partial charge on any atom is 0.236 e. The number of anilines is 1. The second kappa shape index (κ2) is 6.29. The van der Waals surface area contributed by atoms with Crippen molar-refractivity contribution in [3.63, 3.8) is 0 Å². The molecule has 0 spiro atoms. The molecule has 2 aromatic rings. The average molecular weight is 350 g/mol. The van der Waals surface area contributed by atoms with Crippen LogP contribution in [0.1, 0.15) is 30.5 Å². The zero-order chi connectivity index (χ0) is 16.4. The molecule has 23 heavy (non-hydrogen) atoms. The summed E-state index contributed by atoms with van der Waals surface area (Å²) in [4.78, 5) is 27.9. The summed E-state index contributed by atoms with van der Waals surface area (Å²) in [5, 5.41) is 5.75. The number of nitrogens with zero attached hydrogens (tertiary/aromatic N) is 1. The third-order valence-corrected chi connectivity index (χ3v) is 5.22. The van der Waals surface area contributed by atoms with Crippen molar-refractivity contribution < 1.29 is 9.59 Å². The van der Waals surface area contributed by atoms with E-state index in [0.717, 1.165) is 24.8 Å². The minimum atomic E-state index is -0.514. The molecule has 1 aliphatic carbocycles. The van der Waals surface area contributed by atoms with Crippen molar-refractivity contribution in [1.29, 1.82) is 0 Å². The Labute approximate surface area is 142 Å². The van der Waals surface area contributed by atoms with Crippen LogP contribution < -0.4 is 11.1 Å². The van der Waals surface area contributed by atoms with E-state index < -0.39 is 11.3 Å². The predicted molar refractivity (Wildman–Crippen MR) is 90.6 cm³/mol. The molecule has 0 aliphatic heterocycles. The molecule has 0 unspecified atom stereocenters. The van der Waals surface area contributed by atoms with Crippen LogP contribution in [0.25, 0.3) is 0 Å². The Morgan fingerprint density at radius 1 is 1.30 bits per heavy atom. The first kappa shape index (κ1) is 16.0. The van der Waals surface area contributed by atoms with E-state index in [0.29, 0.717) is 15.8 Å². The highest BCUT2D eigenvalue weighted by molar-refractivity contribution is 7.14. The molecular weight excluding hydrogens is 334 g/mol. The normalized spacial score (nSPS) is 15.7. The summed E-state index contributed by atoms with van der Waals surface area (Å²) in [6, 6.07) is 7.42. The molecular formula is C16H16ClN3O2S. The van der Waals surface area contributed by atoms with Gasteiger partial charge in [-0.3, -0.25) is 9.59 Å². The van der Waals surface area contributed by atoms with Crippen molar-refractivity contribution in [3.05, 3.63) is 45.9 Å². The second-order valence-electron chi connectivity index (χ2n) is 5.68. The highest BCUT2D eigenvalue weighted by Gasteiger charge is 2.45. The Bertz CT molecular complexity index is 738. The van der Waals surface area contributed by atoms with Gasteiger partial charge < -0.3 is 11.1 Å². The van der Waals surface area contributed by atoms with E-state index in [1.807, 2.05) is 12.1 Å². The minimum absolute atomic E-state index is 0.0638. The molecule has 1 heterocycles. The molecule has 3 N–H and O–H groups in total. The number of nitrogens with two attached hydrogens (primary N) is 1. The Morgan fingerprint density at radius 3 is 2.57 bits per heavy atom. The van der Waals surface area contributed by atoms with Crippen LogP contribution in [0.3, 0.4) is 0 Å². The first-order chi connectivity index (χ1) is 11.0. The lowest BCUT2D eigenvalue weighted by molar-refractivity contribution is -0.124. The van der Waals surface area contributed by atoms with Gasteiger partial charge in [-0.25, -0.2) is 4.98 Å². The van der Waals surface area contributed by atoms with Gasteiger partial charge in [-0.1, -0.05) is 30.2 Å². The van der Waals surface area contributed by atoms with E-state index in [2.05, 4.69) is 10.3 Å². The molecule has 5 nitrogen and oxygen atoms in total. The summed E-state index contributed by atoms with van der Waals surface area (Å²) in [5.74, 6) is -0.504. The minimum Gasteiger partial charge on any atom is -0.369 e. The van der Waals surface area contributed by atoms with E-state index >= 15 is 0 Å². The van der Waals surface area contributed by atoms with E-state index in [1.165, 1.54) is 11.3 Å². The number of aromatic nitrogens is 1. The van der Waals surface area contributed by atoms with Crippen LogP contribution in [0.5, 0.6) is 0 Å². The lowest BCUT2D eigenvalue weighted by Crippen LogP contribution is -2.46. The van der Waals surface area contributed by atoms with Crippen LogP contribution in [0.4, 0.5) is 5.13 Å². The number of carbonyl (C=O) groups excluding carboxylic acids is 2. The molecule has 3 rings (SSSR count). The zero-order valence-corrected chi connectivity index (χ0v) is 13.9. The first-order valence-corrected chi connectivity index (χ1v) is 8.55. The number of amides is 2. The molecule has 7 heteroatoms. The van der Waals surface area contributed by atoms with E-state index in [-0.39, 0.29) is 12.3 Å². The lowest BCUT2D eigenvalue weighted by Gasteiger charge is -2.40.